The Morgan fingerprint density at radius 2 is 1.80 bits per heavy atom. The second kappa shape index (κ2) is 3.52. The molecule has 0 amide bonds. The van der Waals surface area contributed by atoms with E-state index in [4.69, 9.17) is 23.2 Å². The van der Waals surface area contributed by atoms with Crippen molar-refractivity contribution in [2.24, 2.45) is 0 Å². The molecule has 0 saturated heterocycles. The summed E-state index contributed by atoms with van der Waals surface area (Å²) in [6.07, 6.45) is 0. The van der Waals surface area contributed by atoms with E-state index >= 15 is 0 Å². The molecule has 0 heterocycles. The predicted molar refractivity (Wildman–Crippen MR) is 56.4 cm³/mol. The fourth-order valence-corrected chi connectivity index (χ4v) is 1.76. The summed E-state index contributed by atoms with van der Waals surface area (Å²) in [5.41, 5.74) is 0. The highest BCUT2D eigenvalue weighted by molar-refractivity contribution is 14.1. The molecule has 0 aliphatic carbocycles. The Labute approximate surface area is 88.5 Å². The fraction of sp³-hybridized carbons (Fsp3) is 0. The molecule has 10 heavy (non-hydrogen) atoms. The van der Waals surface area contributed by atoms with E-state index in [0.717, 1.165) is 3.57 Å². The molecule has 0 unspecified atom stereocenters. The summed E-state index contributed by atoms with van der Waals surface area (Å²) >= 11 is 17.7. The minimum atomic E-state index is 0.636. The van der Waals surface area contributed by atoms with Crippen molar-refractivity contribution in [1.29, 1.82) is 0 Å². The first-order valence-electron chi connectivity index (χ1n) is 2.45. The first kappa shape index (κ1) is 8.97. The Bertz CT molecular complexity index is 212. The lowest BCUT2D eigenvalue weighted by Crippen LogP contribution is -1.75. The fourth-order valence-electron chi connectivity index (χ4n) is 0.512. The molecule has 0 N–H and O–H groups in total. The number of halogens is 3. The Morgan fingerprint density at radius 1 is 1.20 bits per heavy atom. The summed E-state index contributed by atoms with van der Waals surface area (Å²) < 4.78 is 0.946. The molecule has 0 spiro atoms. The molecule has 0 fully saturated rings. The number of rotatable bonds is 0. The number of benzene rings is 1. The number of thiol groups is 1. The van der Waals surface area contributed by atoms with E-state index in [1.807, 2.05) is 0 Å². The van der Waals surface area contributed by atoms with Gasteiger partial charge in [0.15, 0.2) is 0 Å². The summed E-state index contributed by atoms with van der Waals surface area (Å²) in [6, 6.07) is 3.52. The molecule has 0 aromatic heterocycles. The SMILES string of the molecule is Sc1cc(Cl)c(I)cc1Cl. The van der Waals surface area contributed by atoms with Gasteiger partial charge in [0.2, 0.25) is 0 Å². The smallest absolute Gasteiger partial charge is 0.0551 e. The van der Waals surface area contributed by atoms with Gasteiger partial charge in [-0.3, -0.25) is 0 Å². The second-order valence-electron chi connectivity index (χ2n) is 1.72. The van der Waals surface area contributed by atoms with Gasteiger partial charge in [0.1, 0.15) is 0 Å². The summed E-state index contributed by atoms with van der Waals surface area (Å²) in [5.74, 6) is 0. The van der Waals surface area contributed by atoms with Gasteiger partial charge in [-0.1, -0.05) is 23.2 Å². The van der Waals surface area contributed by atoms with Crippen LogP contribution in [0.2, 0.25) is 10.0 Å². The predicted octanol–water partition coefficient (Wildman–Crippen LogP) is 3.89. The van der Waals surface area contributed by atoms with Crippen molar-refractivity contribution in [3.05, 3.63) is 25.7 Å². The van der Waals surface area contributed by atoms with Crippen LogP contribution in [0, 0.1) is 3.57 Å². The summed E-state index contributed by atoms with van der Waals surface area (Å²) in [5, 5.41) is 1.33. The molecular formula is C6H3Cl2IS. The highest BCUT2D eigenvalue weighted by Gasteiger charge is 2.00. The van der Waals surface area contributed by atoms with Gasteiger partial charge in [0.25, 0.3) is 0 Å². The van der Waals surface area contributed by atoms with Crippen molar-refractivity contribution in [3.8, 4) is 0 Å². The van der Waals surface area contributed by atoms with Crippen LogP contribution in [0.25, 0.3) is 0 Å². The molecule has 1 rings (SSSR count). The third kappa shape index (κ3) is 1.94. The average molecular weight is 305 g/mol. The van der Waals surface area contributed by atoms with Crippen LogP contribution in [0.5, 0.6) is 0 Å². The van der Waals surface area contributed by atoms with Crippen LogP contribution in [0.15, 0.2) is 17.0 Å². The van der Waals surface area contributed by atoms with Crippen LogP contribution in [-0.4, -0.2) is 0 Å². The zero-order valence-corrected chi connectivity index (χ0v) is 9.30. The van der Waals surface area contributed by atoms with Gasteiger partial charge in [-0.25, -0.2) is 0 Å². The number of hydrogen-bond donors (Lipinski definition) is 1. The maximum absolute atomic E-state index is 5.77. The molecule has 0 aliphatic rings. The molecule has 0 aliphatic heterocycles. The van der Waals surface area contributed by atoms with Gasteiger partial charge in [-0.2, -0.15) is 0 Å². The van der Waals surface area contributed by atoms with Crippen molar-refractivity contribution in [1.82, 2.24) is 0 Å². The quantitative estimate of drug-likeness (QED) is 0.420. The summed E-state index contributed by atoms with van der Waals surface area (Å²) in [6.45, 7) is 0. The first-order valence-corrected chi connectivity index (χ1v) is 4.73. The van der Waals surface area contributed by atoms with Gasteiger partial charge < -0.3 is 0 Å². The second-order valence-corrected chi connectivity index (χ2v) is 4.18. The van der Waals surface area contributed by atoms with Crippen molar-refractivity contribution >= 4 is 58.4 Å². The Hall–Kier alpha value is 0.880. The molecule has 0 atom stereocenters. The molecule has 1 aromatic rings. The third-order valence-electron chi connectivity index (χ3n) is 0.990. The van der Waals surface area contributed by atoms with Gasteiger partial charge in [0.05, 0.1) is 10.0 Å². The van der Waals surface area contributed by atoms with E-state index in [2.05, 4.69) is 35.2 Å². The normalized spacial score (nSPS) is 10.0. The van der Waals surface area contributed by atoms with Gasteiger partial charge in [0, 0.05) is 8.47 Å². The van der Waals surface area contributed by atoms with E-state index < -0.39 is 0 Å². The Balaban J connectivity index is 3.28. The van der Waals surface area contributed by atoms with E-state index in [0.29, 0.717) is 14.9 Å². The van der Waals surface area contributed by atoms with E-state index in [-0.39, 0.29) is 0 Å². The van der Waals surface area contributed by atoms with E-state index in [9.17, 15) is 0 Å². The first-order chi connectivity index (χ1) is 4.61. The van der Waals surface area contributed by atoms with Crippen LogP contribution in [-0.2, 0) is 0 Å². The van der Waals surface area contributed by atoms with Crippen LogP contribution in [0.4, 0.5) is 0 Å². The molecule has 0 nitrogen and oxygen atoms in total. The standard InChI is InChI=1S/C6H3Cl2IS/c7-3-2-6(10)4(8)1-5(3)9/h1-2,10H. The minimum Gasteiger partial charge on any atom is -0.142 e. The zero-order chi connectivity index (χ0) is 7.72. The lowest BCUT2D eigenvalue weighted by Gasteiger charge is -1.98. The van der Waals surface area contributed by atoms with Crippen LogP contribution >= 0.6 is 58.4 Å². The van der Waals surface area contributed by atoms with Crippen molar-refractivity contribution in [2.75, 3.05) is 0 Å². The van der Waals surface area contributed by atoms with Crippen molar-refractivity contribution < 1.29 is 0 Å². The lowest BCUT2D eigenvalue weighted by molar-refractivity contribution is 1.45. The minimum absolute atomic E-state index is 0.636. The maximum Gasteiger partial charge on any atom is 0.0551 e. The van der Waals surface area contributed by atoms with Crippen LogP contribution in [0.1, 0.15) is 0 Å². The highest BCUT2D eigenvalue weighted by atomic mass is 127. The molecule has 0 saturated carbocycles. The Kier molecular flexibility index (Phi) is 3.16. The maximum atomic E-state index is 5.77. The van der Waals surface area contributed by atoms with Crippen LogP contribution < -0.4 is 0 Å². The topological polar surface area (TPSA) is 0 Å². The zero-order valence-electron chi connectivity index (χ0n) is 4.74. The van der Waals surface area contributed by atoms with Crippen molar-refractivity contribution in [2.45, 2.75) is 4.90 Å². The summed E-state index contributed by atoms with van der Waals surface area (Å²) in [4.78, 5) is 0.715. The van der Waals surface area contributed by atoms with Crippen molar-refractivity contribution in [3.63, 3.8) is 0 Å². The molecule has 4 heteroatoms. The third-order valence-corrected chi connectivity index (χ3v) is 3.33. The number of hydrogen-bond acceptors (Lipinski definition) is 1. The molecule has 1 aromatic carbocycles. The Morgan fingerprint density at radius 3 is 2.30 bits per heavy atom. The van der Waals surface area contributed by atoms with Crippen LogP contribution in [0.3, 0.4) is 0 Å². The van der Waals surface area contributed by atoms with E-state index in [1.54, 1.807) is 12.1 Å². The summed E-state index contributed by atoms with van der Waals surface area (Å²) in [7, 11) is 0. The molecule has 0 bridgehead atoms. The monoisotopic (exact) mass is 304 g/mol. The molecule has 54 valence electrons. The van der Waals surface area contributed by atoms with E-state index in [1.165, 1.54) is 0 Å². The average Bonchev–Trinajstić information content (AvgIpc) is 1.84. The van der Waals surface area contributed by atoms with Gasteiger partial charge >= 0.3 is 0 Å². The molecule has 0 radical (unpaired) electrons. The highest BCUT2D eigenvalue weighted by Crippen LogP contribution is 2.28. The molecular weight excluding hydrogens is 302 g/mol. The van der Waals surface area contributed by atoms with Gasteiger partial charge in [-0.15, -0.1) is 12.6 Å². The van der Waals surface area contributed by atoms with Gasteiger partial charge in [-0.05, 0) is 34.7 Å². The largest absolute Gasteiger partial charge is 0.142 e. The lowest BCUT2D eigenvalue weighted by atomic mass is 10.4.